The SMILES string of the molecule is C=CCN1C(=O)C(C)(C)COc2ccc(NC(=O)c3ccc([N+](=O)[O-])cc3)cc21. The molecular formula is C21H21N3O5. The van der Waals surface area contributed by atoms with Crippen molar-refractivity contribution in [1.82, 2.24) is 0 Å². The van der Waals surface area contributed by atoms with E-state index in [9.17, 15) is 19.7 Å². The van der Waals surface area contributed by atoms with Gasteiger partial charge in [0.05, 0.1) is 16.0 Å². The van der Waals surface area contributed by atoms with Crippen molar-refractivity contribution < 1.29 is 19.2 Å². The Morgan fingerprint density at radius 2 is 2.00 bits per heavy atom. The highest BCUT2D eigenvalue weighted by atomic mass is 16.6. The minimum atomic E-state index is -0.704. The van der Waals surface area contributed by atoms with E-state index in [2.05, 4.69) is 11.9 Å². The summed E-state index contributed by atoms with van der Waals surface area (Å²) in [6.07, 6.45) is 1.63. The number of rotatable bonds is 5. The summed E-state index contributed by atoms with van der Waals surface area (Å²) in [5, 5.41) is 13.5. The number of non-ortho nitro benzene ring substituents is 1. The third-order valence-electron chi connectivity index (χ3n) is 4.57. The van der Waals surface area contributed by atoms with E-state index in [-0.39, 0.29) is 23.8 Å². The van der Waals surface area contributed by atoms with Crippen LogP contribution in [-0.4, -0.2) is 29.9 Å². The molecule has 0 spiro atoms. The van der Waals surface area contributed by atoms with E-state index in [1.54, 1.807) is 29.2 Å². The minimum absolute atomic E-state index is 0.0927. The van der Waals surface area contributed by atoms with Crippen molar-refractivity contribution in [1.29, 1.82) is 0 Å². The van der Waals surface area contributed by atoms with Gasteiger partial charge in [0, 0.05) is 29.9 Å². The second kappa shape index (κ2) is 7.75. The van der Waals surface area contributed by atoms with Gasteiger partial charge in [0.1, 0.15) is 12.4 Å². The molecular weight excluding hydrogens is 374 g/mol. The van der Waals surface area contributed by atoms with E-state index in [1.807, 2.05) is 13.8 Å². The molecule has 0 atom stereocenters. The van der Waals surface area contributed by atoms with E-state index in [1.165, 1.54) is 24.3 Å². The number of benzene rings is 2. The van der Waals surface area contributed by atoms with E-state index in [4.69, 9.17) is 4.74 Å². The maximum absolute atomic E-state index is 12.9. The first kappa shape index (κ1) is 20.1. The zero-order valence-electron chi connectivity index (χ0n) is 16.2. The summed E-state index contributed by atoms with van der Waals surface area (Å²) in [6, 6.07) is 10.4. The molecule has 2 aromatic carbocycles. The van der Waals surface area contributed by atoms with Crippen molar-refractivity contribution in [2.75, 3.05) is 23.4 Å². The van der Waals surface area contributed by atoms with Gasteiger partial charge in [0.25, 0.3) is 11.6 Å². The number of amides is 2. The Hall–Kier alpha value is -3.68. The Labute approximate surface area is 167 Å². The molecule has 0 unspecified atom stereocenters. The first-order valence-electron chi connectivity index (χ1n) is 8.98. The van der Waals surface area contributed by atoms with Crippen LogP contribution >= 0.6 is 0 Å². The molecule has 1 aliphatic heterocycles. The molecule has 0 fully saturated rings. The number of hydrogen-bond donors (Lipinski definition) is 1. The van der Waals surface area contributed by atoms with Gasteiger partial charge in [0.2, 0.25) is 5.91 Å². The summed E-state index contributed by atoms with van der Waals surface area (Å²) in [6.45, 7) is 7.89. The molecule has 1 heterocycles. The number of hydrogen-bond acceptors (Lipinski definition) is 5. The number of nitrogens with one attached hydrogen (secondary N) is 1. The topological polar surface area (TPSA) is 102 Å². The van der Waals surface area contributed by atoms with Crippen molar-refractivity contribution >= 4 is 28.9 Å². The van der Waals surface area contributed by atoms with Crippen molar-refractivity contribution in [3.63, 3.8) is 0 Å². The van der Waals surface area contributed by atoms with Crippen LogP contribution in [0.3, 0.4) is 0 Å². The molecule has 2 aromatic rings. The quantitative estimate of drug-likeness (QED) is 0.471. The Morgan fingerprint density at radius 3 is 2.62 bits per heavy atom. The van der Waals surface area contributed by atoms with Crippen LogP contribution in [0.25, 0.3) is 0 Å². The summed E-state index contributed by atoms with van der Waals surface area (Å²) < 4.78 is 5.82. The third kappa shape index (κ3) is 4.11. The van der Waals surface area contributed by atoms with Crippen LogP contribution in [0.5, 0.6) is 5.75 Å². The third-order valence-corrected chi connectivity index (χ3v) is 4.57. The fourth-order valence-electron chi connectivity index (χ4n) is 2.97. The highest BCUT2D eigenvalue weighted by molar-refractivity contribution is 6.05. The largest absolute Gasteiger partial charge is 0.490 e. The number of nitrogens with zero attached hydrogens (tertiary/aromatic N) is 2. The smallest absolute Gasteiger partial charge is 0.269 e. The van der Waals surface area contributed by atoms with Gasteiger partial charge in [0.15, 0.2) is 0 Å². The number of fused-ring (bicyclic) bond motifs is 1. The number of nitro benzene ring substituents is 1. The molecule has 0 aliphatic carbocycles. The molecule has 8 nitrogen and oxygen atoms in total. The average Bonchev–Trinajstić information content (AvgIpc) is 2.78. The van der Waals surface area contributed by atoms with Crippen molar-refractivity contribution in [2.45, 2.75) is 13.8 Å². The normalized spacial score (nSPS) is 15.0. The number of ether oxygens (including phenoxy) is 1. The Kier molecular flexibility index (Phi) is 5.36. The molecule has 0 saturated heterocycles. The van der Waals surface area contributed by atoms with Crippen LogP contribution in [0, 0.1) is 15.5 Å². The standard InChI is InChI=1S/C21H21N3O5/c1-4-11-23-17-12-15(7-10-18(17)29-13-21(2,3)20(23)26)22-19(25)14-5-8-16(9-6-14)24(27)28/h4-10,12H,1,11,13H2,2-3H3,(H,22,25). The van der Waals surface area contributed by atoms with E-state index in [0.29, 0.717) is 23.7 Å². The molecule has 0 aromatic heterocycles. The van der Waals surface area contributed by atoms with Crippen LogP contribution in [0.2, 0.25) is 0 Å². The summed E-state index contributed by atoms with van der Waals surface area (Å²) >= 11 is 0. The van der Waals surface area contributed by atoms with Gasteiger partial charge in [-0.2, -0.15) is 0 Å². The maximum atomic E-state index is 12.9. The zero-order chi connectivity index (χ0) is 21.2. The second-order valence-electron chi connectivity index (χ2n) is 7.32. The van der Waals surface area contributed by atoms with Crippen molar-refractivity contribution in [3.05, 3.63) is 70.8 Å². The van der Waals surface area contributed by atoms with Crippen LogP contribution < -0.4 is 15.0 Å². The number of carbonyl (C=O) groups is 2. The monoisotopic (exact) mass is 395 g/mol. The summed E-state index contributed by atoms with van der Waals surface area (Å²) in [5.74, 6) is 0.0189. The molecule has 0 radical (unpaired) electrons. The van der Waals surface area contributed by atoms with Crippen LogP contribution in [0.1, 0.15) is 24.2 Å². The fourth-order valence-corrected chi connectivity index (χ4v) is 2.97. The first-order valence-corrected chi connectivity index (χ1v) is 8.98. The van der Waals surface area contributed by atoms with Crippen molar-refractivity contribution in [2.24, 2.45) is 5.41 Å². The molecule has 8 heteroatoms. The highest BCUT2D eigenvalue weighted by Crippen LogP contribution is 2.38. The maximum Gasteiger partial charge on any atom is 0.269 e. The molecule has 1 N–H and O–H groups in total. The molecule has 29 heavy (non-hydrogen) atoms. The molecule has 2 amide bonds. The second-order valence-corrected chi connectivity index (χ2v) is 7.32. The number of nitro groups is 1. The lowest BCUT2D eigenvalue weighted by molar-refractivity contribution is -0.384. The highest BCUT2D eigenvalue weighted by Gasteiger charge is 2.37. The number of carbonyl (C=O) groups excluding carboxylic acids is 2. The summed E-state index contributed by atoms with van der Waals surface area (Å²) in [5.41, 5.74) is 0.496. The van der Waals surface area contributed by atoms with E-state index in [0.717, 1.165) is 0 Å². The predicted octanol–water partition coefficient (Wildman–Crippen LogP) is 3.78. The van der Waals surface area contributed by atoms with Crippen LogP contribution in [0.15, 0.2) is 55.1 Å². The van der Waals surface area contributed by atoms with Gasteiger partial charge < -0.3 is 15.0 Å². The lowest BCUT2D eigenvalue weighted by Crippen LogP contribution is -2.42. The zero-order valence-corrected chi connectivity index (χ0v) is 16.2. The summed E-state index contributed by atoms with van der Waals surface area (Å²) in [4.78, 5) is 37.2. The van der Waals surface area contributed by atoms with Crippen LogP contribution in [-0.2, 0) is 4.79 Å². The molecule has 1 aliphatic rings. The lowest BCUT2D eigenvalue weighted by Gasteiger charge is -2.27. The molecule has 0 saturated carbocycles. The van der Waals surface area contributed by atoms with Crippen molar-refractivity contribution in [3.8, 4) is 5.75 Å². The van der Waals surface area contributed by atoms with E-state index < -0.39 is 16.2 Å². The first-order chi connectivity index (χ1) is 13.7. The Morgan fingerprint density at radius 1 is 1.31 bits per heavy atom. The number of anilines is 2. The predicted molar refractivity (Wildman–Crippen MR) is 109 cm³/mol. The minimum Gasteiger partial charge on any atom is -0.490 e. The fraction of sp³-hybridized carbons (Fsp3) is 0.238. The van der Waals surface area contributed by atoms with Gasteiger partial charge in [-0.3, -0.25) is 19.7 Å². The van der Waals surface area contributed by atoms with Gasteiger partial charge >= 0.3 is 0 Å². The molecule has 3 rings (SSSR count). The average molecular weight is 395 g/mol. The summed E-state index contributed by atoms with van der Waals surface area (Å²) in [7, 11) is 0. The van der Waals surface area contributed by atoms with Gasteiger partial charge in [-0.15, -0.1) is 6.58 Å². The van der Waals surface area contributed by atoms with Gasteiger partial charge in [-0.25, -0.2) is 0 Å². The Balaban J connectivity index is 1.88. The van der Waals surface area contributed by atoms with Crippen LogP contribution in [0.4, 0.5) is 17.1 Å². The lowest BCUT2D eigenvalue weighted by atomic mass is 9.93. The van der Waals surface area contributed by atoms with Gasteiger partial charge in [-0.1, -0.05) is 6.08 Å². The van der Waals surface area contributed by atoms with E-state index >= 15 is 0 Å². The molecule has 150 valence electrons. The Bertz CT molecular complexity index is 982. The van der Waals surface area contributed by atoms with Gasteiger partial charge in [-0.05, 0) is 44.2 Å². The molecule has 0 bridgehead atoms.